The van der Waals surface area contributed by atoms with Crippen LogP contribution in [0, 0.1) is 5.92 Å². The fourth-order valence-electron chi connectivity index (χ4n) is 6.41. The number of piperazine rings is 1. The third kappa shape index (κ3) is 6.35. The number of benzene rings is 2. The molecule has 3 heterocycles. The fraction of sp³-hybridized carbons (Fsp3) is 0.562. The van der Waals surface area contributed by atoms with Crippen molar-refractivity contribution in [3.63, 3.8) is 0 Å². The summed E-state index contributed by atoms with van der Waals surface area (Å²) in [4.78, 5) is 31.6. The van der Waals surface area contributed by atoms with E-state index in [9.17, 15) is 19.8 Å². The van der Waals surface area contributed by atoms with Gasteiger partial charge in [0.2, 0.25) is 11.8 Å². The average molecular weight is 582 g/mol. The van der Waals surface area contributed by atoms with Gasteiger partial charge in [0.05, 0.1) is 13.2 Å². The lowest BCUT2D eigenvalue weighted by Crippen LogP contribution is -2.75. The highest BCUT2D eigenvalue weighted by Crippen LogP contribution is 2.37. The van der Waals surface area contributed by atoms with Crippen LogP contribution in [0.2, 0.25) is 0 Å². The Balaban J connectivity index is 1.22. The number of phenols is 1. The summed E-state index contributed by atoms with van der Waals surface area (Å²) in [5.41, 5.74) is 0.234. The topological polar surface area (TPSA) is 121 Å². The lowest BCUT2D eigenvalue weighted by molar-refractivity contribution is -0.166. The first kappa shape index (κ1) is 30.1. The number of hydrogen-bond donors (Lipinski definition) is 3. The fourth-order valence-corrected chi connectivity index (χ4v) is 6.41. The van der Waals surface area contributed by atoms with E-state index in [4.69, 9.17) is 14.2 Å². The summed E-state index contributed by atoms with van der Waals surface area (Å²) in [7, 11) is 1.53. The minimum atomic E-state index is -0.908. The standard InChI is InChI=1S/C32H43N3O7/c1-3-4-15-35-30(38)28(29(37)23-11-18-41-19-12-23)33-31(39)32(35)13-16-34(17-14-32)21-22-5-8-25(9-6-22)42-26-10-7-24(36)20-27(26)40-2/h5-10,20,23,28-29,36-37H,3-4,11-19,21H2,1-2H3,(H,33,39)/t28-,29-/m1/s1. The molecule has 228 valence electrons. The number of nitrogens with zero attached hydrogens (tertiary/aromatic N) is 2. The zero-order valence-corrected chi connectivity index (χ0v) is 24.6. The van der Waals surface area contributed by atoms with Crippen LogP contribution >= 0.6 is 0 Å². The Bertz CT molecular complexity index is 1220. The van der Waals surface area contributed by atoms with E-state index in [2.05, 4.69) is 17.1 Å². The van der Waals surface area contributed by atoms with Gasteiger partial charge in [0, 0.05) is 45.5 Å². The molecule has 3 fully saturated rings. The predicted octanol–water partition coefficient (Wildman–Crippen LogP) is 3.44. The molecule has 42 heavy (non-hydrogen) atoms. The minimum absolute atomic E-state index is 0.0585. The molecule has 0 saturated carbocycles. The number of rotatable bonds is 10. The number of nitrogens with one attached hydrogen (secondary N) is 1. The van der Waals surface area contributed by atoms with E-state index in [0.29, 0.717) is 82.3 Å². The van der Waals surface area contributed by atoms with E-state index in [1.807, 2.05) is 24.3 Å². The van der Waals surface area contributed by atoms with E-state index in [1.165, 1.54) is 13.2 Å². The summed E-state index contributed by atoms with van der Waals surface area (Å²) in [6.07, 6.45) is 3.30. The average Bonchev–Trinajstić information content (AvgIpc) is 3.02. The number of ether oxygens (including phenoxy) is 3. The summed E-state index contributed by atoms with van der Waals surface area (Å²) in [6, 6.07) is 11.6. The van der Waals surface area contributed by atoms with Gasteiger partial charge >= 0.3 is 0 Å². The number of unbranched alkanes of at least 4 members (excludes halogenated alkanes) is 1. The van der Waals surface area contributed by atoms with Crippen molar-refractivity contribution in [1.29, 1.82) is 0 Å². The summed E-state index contributed by atoms with van der Waals surface area (Å²) in [5, 5.41) is 23.7. The number of methoxy groups -OCH3 is 1. The van der Waals surface area contributed by atoms with Crippen LogP contribution in [0.25, 0.3) is 0 Å². The molecule has 2 amide bonds. The van der Waals surface area contributed by atoms with Gasteiger partial charge in [-0.1, -0.05) is 25.5 Å². The lowest BCUT2D eigenvalue weighted by Gasteiger charge is -2.52. The summed E-state index contributed by atoms with van der Waals surface area (Å²) < 4.78 is 16.7. The second kappa shape index (κ2) is 13.3. The van der Waals surface area contributed by atoms with Crippen LogP contribution in [0.15, 0.2) is 42.5 Å². The Morgan fingerprint density at radius 2 is 1.79 bits per heavy atom. The summed E-state index contributed by atoms with van der Waals surface area (Å²) in [6.45, 7) is 5.81. The van der Waals surface area contributed by atoms with E-state index in [1.54, 1.807) is 17.0 Å². The molecule has 5 rings (SSSR count). The molecule has 2 aromatic rings. The normalized spacial score (nSPS) is 22.2. The first-order valence-electron chi connectivity index (χ1n) is 15.1. The lowest BCUT2D eigenvalue weighted by atomic mass is 9.79. The Kier molecular flexibility index (Phi) is 9.55. The minimum Gasteiger partial charge on any atom is -0.508 e. The first-order chi connectivity index (χ1) is 20.3. The highest BCUT2D eigenvalue weighted by molar-refractivity contribution is 6.00. The number of likely N-dealkylation sites (tertiary alicyclic amines) is 1. The summed E-state index contributed by atoms with van der Waals surface area (Å²) in [5.74, 6) is 1.37. The number of hydrogen-bond acceptors (Lipinski definition) is 8. The van der Waals surface area contributed by atoms with Crippen molar-refractivity contribution in [2.75, 3.05) is 40.0 Å². The van der Waals surface area contributed by atoms with Crippen LogP contribution in [0.4, 0.5) is 0 Å². The third-order valence-corrected chi connectivity index (χ3v) is 8.97. The highest BCUT2D eigenvalue weighted by atomic mass is 16.5. The van der Waals surface area contributed by atoms with Crippen LogP contribution in [-0.2, 0) is 20.9 Å². The van der Waals surface area contributed by atoms with Crippen molar-refractivity contribution in [3.05, 3.63) is 48.0 Å². The molecule has 2 aromatic carbocycles. The van der Waals surface area contributed by atoms with Gasteiger partial charge in [-0.15, -0.1) is 0 Å². The second-order valence-electron chi connectivity index (χ2n) is 11.6. The van der Waals surface area contributed by atoms with E-state index >= 15 is 0 Å². The van der Waals surface area contributed by atoms with Gasteiger partial charge in [0.25, 0.3) is 0 Å². The SMILES string of the molecule is CCCCN1C(=O)[C@@H]([C@H](O)C2CCOCC2)NC(=O)C12CCN(Cc1ccc(Oc3ccc(O)cc3OC)cc1)CC2. The van der Waals surface area contributed by atoms with E-state index < -0.39 is 17.7 Å². The van der Waals surface area contributed by atoms with E-state index in [0.717, 1.165) is 18.4 Å². The number of carbonyl (C=O) groups is 2. The molecule has 10 nitrogen and oxygen atoms in total. The predicted molar refractivity (Wildman–Crippen MR) is 157 cm³/mol. The maximum absolute atomic E-state index is 13.8. The zero-order valence-electron chi connectivity index (χ0n) is 24.6. The van der Waals surface area contributed by atoms with Crippen LogP contribution in [-0.4, -0.2) is 89.5 Å². The van der Waals surface area contributed by atoms with Crippen molar-refractivity contribution < 1.29 is 34.0 Å². The largest absolute Gasteiger partial charge is 0.508 e. The van der Waals surface area contributed by atoms with Gasteiger partial charge in [-0.2, -0.15) is 0 Å². The number of amides is 2. The Morgan fingerprint density at radius 3 is 2.45 bits per heavy atom. The van der Waals surface area contributed by atoms with Gasteiger partial charge in [-0.05, 0) is 67.9 Å². The van der Waals surface area contributed by atoms with Crippen molar-refractivity contribution in [2.24, 2.45) is 5.92 Å². The molecule has 10 heteroatoms. The van der Waals surface area contributed by atoms with Gasteiger partial charge in [-0.25, -0.2) is 0 Å². The molecule has 3 N–H and O–H groups in total. The smallest absolute Gasteiger partial charge is 0.248 e. The number of piperidine rings is 1. The number of aliphatic hydroxyl groups is 1. The maximum Gasteiger partial charge on any atom is 0.248 e. The molecule has 0 unspecified atom stereocenters. The molecule has 3 aliphatic rings. The van der Waals surface area contributed by atoms with Gasteiger partial charge in [-0.3, -0.25) is 14.5 Å². The van der Waals surface area contributed by atoms with Crippen molar-refractivity contribution in [2.45, 2.75) is 69.7 Å². The van der Waals surface area contributed by atoms with Crippen LogP contribution < -0.4 is 14.8 Å². The first-order valence-corrected chi connectivity index (χ1v) is 15.1. The molecular formula is C32H43N3O7. The molecular weight excluding hydrogens is 538 g/mol. The van der Waals surface area contributed by atoms with E-state index in [-0.39, 0.29) is 23.5 Å². The molecule has 0 aromatic heterocycles. The molecule has 2 atom stereocenters. The van der Waals surface area contributed by atoms with Crippen LogP contribution in [0.1, 0.15) is 51.0 Å². The molecule has 1 spiro atoms. The van der Waals surface area contributed by atoms with Gasteiger partial charge in [0.15, 0.2) is 11.5 Å². The Hall–Kier alpha value is -3.34. The molecule has 3 saturated heterocycles. The highest BCUT2D eigenvalue weighted by Gasteiger charge is 2.55. The van der Waals surface area contributed by atoms with Crippen LogP contribution in [0.5, 0.6) is 23.0 Å². The Morgan fingerprint density at radius 1 is 1.07 bits per heavy atom. The van der Waals surface area contributed by atoms with Gasteiger partial charge in [0.1, 0.15) is 23.1 Å². The summed E-state index contributed by atoms with van der Waals surface area (Å²) >= 11 is 0. The number of phenolic OH excluding ortho intramolecular Hbond substituents is 1. The van der Waals surface area contributed by atoms with Crippen molar-refractivity contribution in [3.8, 4) is 23.0 Å². The monoisotopic (exact) mass is 581 g/mol. The molecule has 3 aliphatic heterocycles. The second-order valence-corrected chi connectivity index (χ2v) is 11.6. The molecule has 0 bridgehead atoms. The van der Waals surface area contributed by atoms with Crippen molar-refractivity contribution in [1.82, 2.24) is 15.1 Å². The van der Waals surface area contributed by atoms with Gasteiger partial charge < -0.3 is 34.6 Å². The van der Waals surface area contributed by atoms with Crippen molar-refractivity contribution >= 4 is 11.8 Å². The molecule has 0 aliphatic carbocycles. The third-order valence-electron chi connectivity index (χ3n) is 8.97. The molecule has 0 radical (unpaired) electrons. The number of aromatic hydroxyl groups is 1. The quantitative estimate of drug-likeness (QED) is 0.390. The zero-order chi connectivity index (χ0) is 29.7. The Labute approximate surface area is 247 Å². The number of aliphatic hydroxyl groups excluding tert-OH is 1. The van der Waals surface area contributed by atoms with Crippen LogP contribution in [0.3, 0.4) is 0 Å². The maximum atomic E-state index is 13.8. The number of carbonyl (C=O) groups excluding carboxylic acids is 2.